The largest absolute Gasteiger partial charge is 0.496 e. The van der Waals surface area contributed by atoms with Crippen LogP contribution in [0.4, 0.5) is 0 Å². The number of furan rings is 1. The number of ether oxygens (including phenoxy) is 1. The molecule has 27 heavy (non-hydrogen) atoms. The number of nitrogens with one attached hydrogen (secondary N) is 1. The number of sulfonamides is 1. The quantitative estimate of drug-likeness (QED) is 0.800. The van der Waals surface area contributed by atoms with Gasteiger partial charge in [0.05, 0.1) is 24.8 Å². The van der Waals surface area contributed by atoms with E-state index in [1.165, 1.54) is 31.6 Å². The summed E-state index contributed by atoms with van der Waals surface area (Å²) >= 11 is 0. The van der Waals surface area contributed by atoms with E-state index in [1.807, 2.05) is 0 Å². The fraction of sp³-hybridized carbons (Fsp3) is 0.333. The number of hydrogen-bond donors (Lipinski definition) is 1. The van der Waals surface area contributed by atoms with Gasteiger partial charge in [-0.25, -0.2) is 12.7 Å². The van der Waals surface area contributed by atoms with Crippen LogP contribution in [0.5, 0.6) is 5.75 Å². The zero-order chi connectivity index (χ0) is 19.6. The van der Waals surface area contributed by atoms with Gasteiger partial charge < -0.3 is 14.5 Å². The molecule has 1 fully saturated rings. The molecule has 2 heterocycles. The van der Waals surface area contributed by atoms with Crippen LogP contribution in [0.15, 0.2) is 45.9 Å². The summed E-state index contributed by atoms with van der Waals surface area (Å²) in [4.78, 5) is 24.7. The van der Waals surface area contributed by atoms with Crippen LogP contribution in [0.3, 0.4) is 0 Å². The fourth-order valence-corrected chi connectivity index (χ4v) is 4.72. The van der Waals surface area contributed by atoms with E-state index in [2.05, 4.69) is 5.32 Å². The van der Waals surface area contributed by atoms with Gasteiger partial charge >= 0.3 is 0 Å². The van der Waals surface area contributed by atoms with Crippen molar-refractivity contribution in [2.24, 2.45) is 0 Å². The topological polar surface area (TPSA) is 106 Å². The van der Waals surface area contributed by atoms with Gasteiger partial charge in [0.1, 0.15) is 17.6 Å². The van der Waals surface area contributed by atoms with Crippen LogP contribution in [0.1, 0.15) is 24.2 Å². The first-order valence-electron chi connectivity index (χ1n) is 8.36. The van der Waals surface area contributed by atoms with Gasteiger partial charge in [-0.1, -0.05) is 0 Å². The van der Waals surface area contributed by atoms with Crippen LogP contribution in [0.25, 0.3) is 0 Å². The van der Waals surface area contributed by atoms with Crippen molar-refractivity contribution in [3.05, 3.63) is 47.9 Å². The summed E-state index contributed by atoms with van der Waals surface area (Å²) in [5, 5.41) is 2.62. The second-order valence-corrected chi connectivity index (χ2v) is 7.99. The molecule has 2 aromatic rings. The third-order valence-electron chi connectivity index (χ3n) is 4.40. The van der Waals surface area contributed by atoms with Crippen LogP contribution in [0, 0.1) is 6.92 Å². The van der Waals surface area contributed by atoms with Gasteiger partial charge in [-0.2, -0.15) is 0 Å². The predicted octanol–water partition coefficient (Wildman–Crippen LogP) is 1.59. The van der Waals surface area contributed by atoms with E-state index in [9.17, 15) is 18.0 Å². The van der Waals surface area contributed by atoms with Crippen molar-refractivity contribution in [1.82, 2.24) is 9.62 Å². The number of nitrogens with zero attached hydrogens (tertiary/aromatic N) is 1. The average Bonchev–Trinajstić information content (AvgIpc) is 3.29. The Balaban J connectivity index is 1.84. The molecule has 1 aliphatic heterocycles. The Hall–Kier alpha value is -2.81. The third kappa shape index (κ3) is 3.68. The number of aryl methyl sites for hydroxylation is 1. The molecule has 1 aromatic carbocycles. The first-order valence-corrected chi connectivity index (χ1v) is 9.80. The minimum Gasteiger partial charge on any atom is -0.496 e. The van der Waals surface area contributed by atoms with Gasteiger partial charge in [-0.15, -0.1) is 0 Å². The lowest BCUT2D eigenvalue weighted by Gasteiger charge is -2.24. The van der Waals surface area contributed by atoms with Crippen LogP contribution < -0.4 is 10.1 Å². The minimum absolute atomic E-state index is 0.00674. The van der Waals surface area contributed by atoms with Gasteiger partial charge in [0, 0.05) is 6.42 Å². The van der Waals surface area contributed by atoms with E-state index in [0.717, 1.165) is 0 Å². The maximum Gasteiger partial charge on any atom is 0.267 e. The van der Waals surface area contributed by atoms with Crippen LogP contribution in [-0.4, -0.2) is 37.7 Å². The molecule has 8 nitrogen and oxygen atoms in total. The zero-order valence-corrected chi connectivity index (χ0v) is 15.8. The first-order chi connectivity index (χ1) is 12.8. The third-order valence-corrected chi connectivity index (χ3v) is 6.23. The molecular weight excluding hydrogens is 372 g/mol. The highest BCUT2D eigenvalue weighted by Crippen LogP contribution is 2.29. The molecule has 0 unspecified atom stereocenters. The standard InChI is InChI=1S/C18H20N2O6S/c1-12-10-14(5-7-16(12)25-2)27(23,24)20-15(6-8-17(20)21)18(22)19-11-13-4-3-9-26-13/h3-5,7,9-10,15H,6,8,11H2,1-2H3,(H,19,22)/t15-/m1/s1. The molecule has 3 rings (SSSR count). The maximum atomic E-state index is 13.0. The van der Waals surface area contributed by atoms with Gasteiger partial charge in [-0.05, 0) is 49.2 Å². The number of carbonyl (C=O) groups excluding carboxylic acids is 2. The molecular formula is C18H20N2O6S. The monoisotopic (exact) mass is 392 g/mol. The van der Waals surface area contributed by atoms with E-state index in [4.69, 9.17) is 9.15 Å². The number of benzene rings is 1. The molecule has 0 saturated carbocycles. The minimum atomic E-state index is -4.16. The molecule has 0 bridgehead atoms. The highest BCUT2D eigenvalue weighted by molar-refractivity contribution is 7.89. The lowest BCUT2D eigenvalue weighted by molar-refractivity contribution is -0.130. The molecule has 1 atom stereocenters. The van der Waals surface area contributed by atoms with E-state index >= 15 is 0 Å². The summed E-state index contributed by atoms with van der Waals surface area (Å²) in [6.45, 7) is 1.82. The summed E-state index contributed by atoms with van der Waals surface area (Å²) < 4.78 is 37.0. The molecule has 1 N–H and O–H groups in total. The van der Waals surface area contributed by atoms with Gasteiger partial charge in [0.15, 0.2) is 0 Å². The summed E-state index contributed by atoms with van der Waals surface area (Å²) in [6, 6.07) is 6.61. The second-order valence-electron chi connectivity index (χ2n) is 6.18. The highest BCUT2D eigenvalue weighted by Gasteiger charge is 2.44. The molecule has 9 heteroatoms. The lowest BCUT2D eigenvalue weighted by Crippen LogP contribution is -2.47. The van der Waals surface area contributed by atoms with Crippen molar-refractivity contribution in [2.75, 3.05) is 7.11 Å². The zero-order valence-electron chi connectivity index (χ0n) is 15.0. The number of carbonyl (C=O) groups is 2. The molecule has 1 aliphatic rings. The summed E-state index contributed by atoms with van der Waals surface area (Å²) in [7, 11) is -2.67. The Morgan fingerprint density at radius 1 is 1.37 bits per heavy atom. The highest BCUT2D eigenvalue weighted by atomic mass is 32.2. The summed E-state index contributed by atoms with van der Waals surface area (Å²) in [6.07, 6.45) is 1.60. The average molecular weight is 392 g/mol. The SMILES string of the molecule is COc1ccc(S(=O)(=O)N2C(=O)CC[C@@H]2C(=O)NCc2ccco2)cc1C. The first kappa shape index (κ1) is 19.0. The van der Waals surface area contributed by atoms with Gasteiger partial charge in [-0.3, -0.25) is 9.59 Å². The molecule has 1 aromatic heterocycles. The van der Waals surface area contributed by atoms with E-state index < -0.39 is 27.9 Å². The number of amides is 2. The van der Waals surface area contributed by atoms with Gasteiger partial charge in [0.2, 0.25) is 11.8 Å². The van der Waals surface area contributed by atoms with Crippen molar-refractivity contribution in [3.63, 3.8) is 0 Å². The molecule has 2 amide bonds. The Morgan fingerprint density at radius 3 is 2.78 bits per heavy atom. The molecule has 1 saturated heterocycles. The molecule has 0 aliphatic carbocycles. The van der Waals surface area contributed by atoms with Crippen LogP contribution in [-0.2, 0) is 26.2 Å². The second kappa shape index (κ2) is 7.43. The van der Waals surface area contributed by atoms with Crippen molar-refractivity contribution in [2.45, 2.75) is 37.2 Å². The smallest absolute Gasteiger partial charge is 0.267 e. The van der Waals surface area contributed by atoms with E-state index in [0.29, 0.717) is 21.4 Å². The number of hydrogen-bond acceptors (Lipinski definition) is 6. The van der Waals surface area contributed by atoms with E-state index in [-0.39, 0.29) is 24.3 Å². The Morgan fingerprint density at radius 2 is 2.15 bits per heavy atom. The van der Waals surface area contributed by atoms with Crippen LogP contribution in [0.2, 0.25) is 0 Å². The summed E-state index contributed by atoms with van der Waals surface area (Å²) in [5.74, 6) is -0.0602. The lowest BCUT2D eigenvalue weighted by atomic mass is 10.2. The van der Waals surface area contributed by atoms with E-state index in [1.54, 1.807) is 19.1 Å². The van der Waals surface area contributed by atoms with Crippen molar-refractivity contribution >= 4 is 21.8 Å². The van der Waals surface area contributed by atoms with Crippen molar-refractivity contribution in [3.8, 4) is 5.75 Å². The number of methoxy groups -OCH3 is 1. The Labute approximate surface area is 157 Å². The number of rotatable bonds is 6. The molecule has 144 valence electrons. The Bertz CT molecular complexity index is 952. The molecule has 0 radical (unpaired) electrons. The van der Waals surface area contributed by atoms with Crippen molar-refractivity contribution < 1.29 is 27.2 Å². The van der Waals surface area contributed by atoms with Gasteiger partial charge in [0.25, 0.3) is 10.0 Å². The maximum absolute atomic E-state index is 13.0. The van der Waals surface area contributed by atoms with Crippen molar-refractivity contribution in [1.29, 1.82) is 0 Å². The normalized spacial score (nSPS) is 17.2. The molecule has 0 spiro atoms. The fourth-order valence-electron chi connectivity index (χ4n) is 3.03. The predicted molar refractivity (Wildman–Crippen MR) is 95.3 cm³/mol. The summed E-state index contributed by atoms with van der Waals surface area (Å²) in [5.41, 5.74) is 0.615. The van der Waals surface area contributed by atoms with Crippen LogP contribution >= 0.6 is 0 Å². The Kier molecular flexibility index (Phi) is 5.22.